The molecule has 2 atom stereocenters. The Morgan fingerprint density at radius 1 is 1.53 bits per heavy atom. The molecule has 0 spiro atoms. The van der Waals surface area contributed by atoms with Gasteiger partial charge < -0.3 is 20.1 Å². The maximum atomic E-state index is 9.71. The molecular weight excluding hydrogens is 240 g/mol. The quantitative estimate of drug-likeness (QED) is 0.864. The van der Waals surface area contributed by atoms with Crippen LogP contribution in [0.25, 0.3) is 5.65 Å². The van der Waals surface area contributed by atoms with Crippen molar-refractivity contribution >= 4 is 11.5 Å². The molecule has 19 heavy (non-hydrogen) atoms. The van der Waals surface area contributed by atoms with Crippen molar-refractivity contribution in [1.82, 2.24) is 9.38 Å². The first kappa shape index (κ1) is 12.4. The normalized spacial score (nSPS) is 21.2. The zero-order valence-corrected chi connectivity index (χ0v) is 11.2. The van der Waals surface area contributed by atoms with Crippen LogP contribution in [0.15, 0.2) is 24.4 Å². The van der Waals surface area contributed by atoms with E-state index in [1.807, 2.05) is 35.7 Å². The van der Waals surface area contributed by atoms with E-state index in [2.05, 4.69) is 9.88 Å². The molecule has 5 heteroatoms. The lowest BCUT2D eigenvalue weighted by Crippen LogP contribution is -2.25. The van der Waals surface area contributed by atoms with Crippen molar-refractivity contribution in [1.29, 1.82) is 0 Å². The molecule has 3 heterocycles. The van der Waals surface area contributed by atoms with E-state index < -0.39 is 0 Å². The van der Waals surface area contributed by atoms with Crippen LogP contribution in [0.5, 0.6) is 0 Å². The molecule has 3 rings (SSSR count). The number of pyridine rings is 1. The fourth-order valence-electron chi connectivity index (χ4n) is 2.85. The minimum absolute atomic E-state index is 0.261. The maximum absolute atomic E-state index is 9.71. The predicted molar refractivity (Wildman–Crippen MR) is 75.1 cm³/mol. The van der Waals surface area contributed by atoms with Crippen molar-refractivity contribution in [3.8, 4) is 0 Å². The van der Waals surface area contributed by atoms with Crippen molar-refractivity contribution in [3.05, 3.63) is 30.1 Å². The molecule has 1 aliphatic rings. The maximum Gasteiger partial charge on any atom is 0.152 e. The average molecular weight is 260 g/mol. The number of nitrogens with two attached hydrogens (primary N) is 1. The standard InChI is InChI=1S/C14H20N4O/c1-10(19)11-5-7-17(9-11)14-12(8-15)18-6-3-2-4-13(18)16-14/h2-4,6,10-11,19H,5,7-9,15H2,1H3. The van der Waals surface area contributed by atoms with Crippen molar-refractivity contribution in [3.63, 3.8) is 0 Å². The van der Waals surface area contributed by atoms with Crippen LogP contribution in [-0.4, -0.2) is 33.7 Å². The average Bonchev–Trinajstić information content (AvgIpc) is 3.02. The van der Waals surface area contributed by atoms with E-state index in [4.69, 9.17) is 5.73 Å². The summed E-state index contributed by atoms with van der Waals surface area (Å²) in [6, 6.07) is 5.96. The van der Waals surface area contributed by atoms with Crippen LogP contribution in [0.4, 0.5) is 5.82 Å². The Morgan fingerprint density at radius 2 is 2.37 bits per heavy atom. The molecule has 0 amide bonds. The number of aliphatic hydroxyl groups excluding tert-OH is 1. The smallest absolute Gasteiger partial charge is 0.152 e. The molecule has 1 fully saturated rings. The molecule has 3 N–H and O–H groups in total. The molecule has 2 aromatic heterocycles. The molecule has 0 bridgehead atoms. The Bertz CT molecular complexity index is 578. The van der Waals surface area contributed by atoms with Gasteiger partial charge >= 0.3 is 0 Å². The van der Waals surface area contributed by atoms with Gasteiger partial charge in [-0.2, -0.15) is 0 Å². The second-order valence-electron chi connectivity index (χ2n) is 5.25. The zero-order chi connectivity index (χ0) is 13.4. The summed E-state index contributed by atoms with van der Waals surface area (Å²) in [6.07, 6.45) is 2.74. The van der Waals surface area contributed by atoms with E-state index in [0.29, 0.717) is 12.5 Å². The first-order valence-corrected chi connectivity index (χ1v) is 6.79. The summed E-state index contributed by atoms with van der Waals surface area (Å²) in [5, 5.41) is 9.71. The van der Waals surface area contributed by atoms with Gasteiger partial charge in [0.15, 0.2) is 5.82 Å². The number of fused-ring (bicyclic) bond motifs is 1. The Labute approximate surface area is 112 Å². The van der Waals surface area contributed by atoms with Crippen LogP contribution >= 0.6 is 0 Å². The monoisotopic (exact) mass is 260 g/mol. The third kappa shape index (κ3) is 2.09. The summed E-state index contributed by atoms with van der Waals surface area (Å²) in [5.41, 5.74) is 7.86. The number of imidazole rings is 1. The highest BCUT2D eigenvalue weighted by Gasteiger charge is 2.29. The third-order valence-corrected chi connectivity index (χ3v) is 4.01. The fourth-order valence-corrected chi connectivity index (χ4v) is 2.85. The lowest BCUT2D eigenvalue weighted by molar-refractivity contribution is 0.136. The van der Waals surface area contributed by atoms with Gasteiger partial charge in [-0.1, -0.05) is 6.07 Å². The largest absolute Gasteiger partial charge is 0.393 e. The van der Waals surface area contributed by atoms with Gasteiger partial charge in [-0.25, -0.2) is 4.98 Å². The summed E-state index contributed by atoms with van der Waals surface area (Å²) >= 11 is 0. The summed E-state index contributed by atoms with van der Waals surface area (Å²) in [5.74, 6) is 1.30. The number of hydrogen-bond acceptors (Lipinski definition) is 4. The zero-order valence-electron chi connectivity index (χ0n) is 11.2. The van der Waals surface area contributed by atoms with Crippen molar-refractivity contribution in [2.45, 2.75) is 26.0 Å². The topological polar surface area (TPSA) is 66.8 Å². The summed E-state index contributed by atoms with van der Waals surface area (Å²) in [6.45, 7) is 4.12. The van der Waals surface area contributed by atoms with Crippen LogP contribution in [0.2, 0.25) is 0 Å². The van der Waals surface area contributed by atoms with E-state index in [1.54, 1.807) is 0 Å². The second kappa shape index (κ2) is 4.83. The molecule has 2 unspecified atom stereocenters. The minimum Gasteiger partial charge on any atom is -0.393 e. The summed E-state index contributed by atoms with van der Waals surface area (Å²) in [4.78, 5) is 6.93. The molecule has 102 valence electrons. The highest BCUT2D eigenvalue weighted by molar-refractivity contribution is 5.56. The van der Waals surface area contributed by atoms with Crippen LogP contribution in [0.1, 0.15) is 19.0 Å². The van der Waals surface area contributed by atoms with E-state index >= 15 is 0 Å². The lowest BCUT2D eigenvalue weighted by atomic mass is 10.0. The van der Waals surface area contributed by atoms with Crippen LogP contribution in [0, 0.1) is 5.92 Å². The van der Waals surface area contributed by atoms with Crippen LogP contribution in [-0.2, 0) is 6.54 Å². The van der Waals surface area contributed by atoms with Crippen LogP contribution < -0.4 is 10.6 Å². The number of anilines is 1. The van der Waals surface area contributed by atoms with Gasteiger partial charge in [-0.15, -0.1) is 0 Å². The SMILES string of the molecule is CC(O)C1CCN(c2nc3ccccn3c2CN)C1. The first-order valence-electron chi connectivity index (χ1n) is 6.79. The Kier molecular flexibility index (Phi) is 3.16. The molecule has 0 aliphatic carbocycles. The summed E-state index contributed by atoms with van der Waals surface area (Å²) < 4.78 is 2.05. The molecule has 1 aliphatic heterocycles. The molecule has 1 saturated heterocycles. The number of aromatic nitrogens is 2. The van der Waals surface area contributed by atoms with E-state index in [1.165, 1.54) is 0 Å². The number of nitrogens with zero attached hydrogens (tertiary/aromatic N) is 3. The van der Waals surface area contributed by atoms with E-state index in [-0.39, 0.29) is 6.10 Å². The number of hydrogen-bond donors (Lipinski definition) is 2. The fraction of sp³-hybridized carbons (Fsp3) is 0.500. The first-order chi connectivity index (χ1) is 9.20. The molecule has 0 radical (unpaired) electrons. The number of rotatable bonds is 3. The Morgan fingerprint density at radius 3 is 3.05 bits per heavy atom. The lowest BCUT2D eigenvalue weighted by Gasteiger charge is -2.18. The predicted octanol–water partition coefficient (Wildman–Crippen LogP) is 1.00. The number of aliphatic hydroxyl groups is 1. The van der Waals surface area contributed by atoms with Gasteiger partial charge in [0.05, 0.1) is 11.8 Å². The highest BCUT2D eigenvalue weighted by Crippen LogP contribution is 2.28. The molecule has 0 aromatic carbocycles. The van der Waals surface area contributed by atoms with E-state index in [9.17, 15) is 5.11 Å². The summed E-state index contributed by atoms with van der Waals surface area (Å²) in [7, 11) is 0. The van der Waals surface area contributed by atoms with Crippen molar-refractivity contribution in [2.75, 3.05) is 18.0 Å². The molecular formula is C14H20N4O. The minimum atomic E-state index is -0.261. The highest BCUT2D eigenvalue weighted by atomic mass is 16.3. The third-order valence-electron chi connectivity index (χ3n) is 4.01. The molecule has 0 saturated carbocycles. The molecule has 5 nitrogen and oxygen atoms in total. The Balaban J connectivity index is 1.97. The van der Waals surface area contributed by atoms with Crippen molar-refractivity contribution < 1.29 is 5.11 Å². The van der Waals surface area contributed by atoms with Gasteiger partial charge in [0.1, 0.15) is 5.65 Å². The van der Waals surface area contributed by atoms with Gasteiger partial charge in [0, 0.05) is 31.7 Å². The van der Waals surface area contributed by atoms with Gasteiger partial charge in [-0.3, -0.25) is 0 Å². The van der Waals surface area contributed by atoms with Gasteiger partial charge in [-0.05, 0) is 25.5 Å². The van der Waals surface area contributed by atoms with Gasteiger partial charge in [0.2, 0.25) is 0 Å². The van der Waals surface area contributed by atoms with Crippen LogP contribution in [0.3, 0.4) is 0 Å². The van der Waals surface area contributed by atoms with Gasteiger partial charge in [0.25, 0.3) is 0 Å². The molecule has 2 aromatic rings. The van der Waals surface area contributed by atoms with Crippen molar-refractivity contribution in [2.24, 2.45) is 11.7 Å². The Hall–Kier alpha value is -1.59. The second-order valence-corrected chi connectivity index (χ2v) is 5.25. The van der Waals surface area contributed by atoms with E-state index in [0.717, 1.165) is 36.7 Å².